The number of aliphatic carboxylic acids is 1. The van der Waals surface area contributed by atoms with Crippen LogP contribution in [0.5, 0.6) is 0 Å². The van der Waals surface area contributed by atoms with Gasteiger partial charge in [-0.05, 0) is 19.3 Å². The minimum Gasteiger partial charge on any atom is -0.480 e. The molecule has 7 heteroatoms. The summed E-state index contributed by atoms with van der Waals surface area (Å²) in [4.78, 5) is 10.9. The van der Waals surface area contributed by atoms with Crippen molar-refractivity contribution in [3.63, 3.8) is 0 Å². The Morgan fingerprint density at radius 3 is 2.25 bits per heavy atom. The third kappa shape index (κ3) is 4.91. The summed E-state index contributed by atoms with van der Waals surface area (Å²) >= 11 is 0. The van der Waals surface area contributed by atoms with Crippen molar-refractivity contribution in [3.05, 3.63) is 0 Å². The van der Waals surface area contributed by atoms with Crippen LogP contribution in [0, 0.1) is 5.92 Å². The molecule has 3 N–H and O–H groups in total. The van der Waals surface area contributed by atoms with Crippen LogP contribution in [0.15, 0.2) is 0 Å². The lowest BCUT2D eigenvalue weighted by Gasteiger charge is -2.24. The molecule has 0 aliphatic heterocycles. The van der Waals surface area contributed by atoms with E-state index in [1.807, 2.05) is 13.8 Å². The molecule has 1 atom stereocenters. The lowest BCUT2D eigenvalue weighted by molar-refractivity contribution is -0.143. The number of carboxylic acids is 1. The van der Waals surface area contributed by atoms with E-state index in [0.29, 0.717) is 0 Å². The second-order valence-electron chi connectivity index (χ2n) is 4.34. The lowest BCUT2D eigenvalue weighted by Crippen LogP contribution is -2.55. The molecule has 0 aliphatic carbocycles. The van der Waals surface area contributed by atoms with Gasteiger partial charge in [0.1, 0.15) is 5.54 Å². The molecule has 0 heterocycles. The van der Waals surface area contributed by atoms with E-state index >= 15 is 0 Å². The third-order valence-corrected chi connectivity index (χ3v) is 3.49. The van der Waals surface area contributed by atoms with Crippen molar-refractivity contribution in [3.8, 4) is 0 Å². The predicted molar refractivity (Wildman–Crippen MR) is 61.2 cm³/mol. The van der Waals surface area contributed by atoms with E-state index in [-0.39, 0.29) is 18.9 Å². The van der Waals surface area contributed by atoms with E-state index in [0.717, 1.165) is 0 Å². The molecule has 0 spiro atoms. The van der Waals surface area contributed by atoms with Gasteiger partial charge in [-0.15, -0.1) is 0 Å². The Balaban J connectivity index is 4.63. The van der Waals surface area contributed by atoms with Gasteiger partial charge < -0.3 is 5.11 Å². The fourth-order valence-electron chi connectivity index (χ4n) is 0.876. The first kappa shape index (κ1) is 15.3. The van der Waals surface area contributed by atoms with Gasteiger partial charge in [-0.1, -0.05) is 20.8 Å². The molecule has 0 aromatic heterocycles. The maximum absolute atomic E-state index is 11.5. The van der Waals surface area contributed by atoms with E-state index in [4.69, 9.17) is 5.11 Å². The first-order chi connectivity index (χ1) is 7.13. The maximum atomic E-state index is 11.5. The van der Waals surface area contributed by atoms with Gasteiger partial charge in [0.15, 0.2) is 0 Å². The second-order valence-corrected chi connectivity index (χ2v) is 5.84. The van der Waals surface area contributed by atoms with Crippen molar-refractivity contribution in [2.45, 2.75) is 39.7 Å². The van der Waals surface area contributed by atoms with Crippen LogP contribution in [0.3, 0.4) is 0 Å². The Labute approximate surface area is 96.6 Å². The molecule has 0 saturated heterocycles. The topological polar surface area (TPSA) is 95.5 Å². The predicted octanol–water partition coefficient (Wildman–Crippen LogP) is 0.320. The van der Waals surface area contributed by atoms with Crippen molar-refractivity contribution in [1.82, 2.24) is 9.44 Å². The van der Waals surface area contributed by atoms with Crippen molar-refractivity contribution in [2.75, 3.05) is 6.54 Å². The maximum Gasteiger partial charge on any atom is 0.324 e. The van der Waals surface area contributed by atoms with E-state index in [2.05, 4.69) is 9.44 Å². The summed E-state index contributed by atoms with van der Waals surface area (Å²) in [6, 6.07) is 0. The summed E-state index contributed by atoms with van der Waals surface area (Å²) in [6.45, 7) is 6.94. The molecule has 0 saturated carbocycles. The van der Waals surface area contributed by atoms with Gasteiger partial charge in [0, 0.05) is 6.54 Å². The van der Waals surface area contributed by atoms with E-state index in [9.17, 15) is 13.2 Å². The van der Waals surface area contributed by atoms with Crippen LogP contribution in [0.25, 0.3) is 0 Å². The summed E-state index contributed by atoms with van der Waals surface area (Å²) in [5, 5.41) is 8.92. The van der Waals surface area contributed by atoms with Crippen molar-refractivity contribution in [1.29, 1.82) is 0 Å². The van der Waals surface area contributed by atoms with Gasteiger partial charge >= 0.3 is 5.97 Å². The van der Waals surface area contributed by atoms with Crippen LogP contribution in [0.2, 0.25) is 0 Å². The highest BCUT2D eigenvalue weighted by atomic mass is 32.2. The van der Waals surface area contributed by atoms with Gasteiger partial charge in [0.2, 0.25) is 0 Å². The molecule has 0 rings (SSSR count). The van der Waals surface area contributed by atoms with Crippen molar-refractivity contribution >= 4 is 16.2 Å². The molecule has 0 aliphatic rings. The molecular weight excluding hydrogens is 232 g/mol. The molecule has 0 amide bonds. The van der Waals surface area contributed by atoms with Crippen LogP contribution < -0.4 is 9.44 Å². The summed E-state index contributed by atoms with van der Waals surface area (Å²) in [7, 11) is -3.77. The number of nitrogens with one attached hydrogen (secondary N) is 2. The summed E-state index contributed by atoms with van der Waals surface area (Å²) in [5.74, 6) is -1.03. The monoisotopic (exact) mass is 252 g/mol. The highest BCUT2D eigenvalue weighted by Crippen LogP contribution is 2.10. The summed E-state index contributed by atoms with van der Waals surface area (Å²) in [5.41, 5.74) is -1.47. The highest BCUT2D eigenvalue weighted by Gasteiger charge is 2.35. The second kappa shape index (κ2) is 5.60. The molecular formula is C9H20N2O4S. The SMILES string of the molecule is CCC(C)(NS(=O)(=O)NCC(C)C)C(=O)O. The van der Waals surface area contributed by atoms with Crippen molar-refractivity contribution < 1.29 is 18.3 Å². The molecule has 1 unspecified atom stereocenters. The standard InChI is InChI=1S/C9H20N2O4S/c1-5-9(4,8(12)13)11-16(14,15)10-6-7(2)3/h7,10-11H,5-6H2,1-4H3,(H,12,13). The Bertz CT molecular complexity index is 339. The molecule has 6 nitrogen and oxygen atoms in total. The fraction of sp³-hybridized carbons (Fsp3) is 0.889. The van der Waals surface area contributed by atoms with Crippen molar-refractivity contribution in [2.24, 2.45) is 5.92 Å². The number of hydrogen-bond acceptors (Lipinski definition) is 3. The van der Waals surface area contributed by atoms with E-state index in [1.54, 1.807) is 6.92 Å². The van der Waals surface area contributed by atoms with E-state index < -0.39 is 21.7 Å². The van der Waals surface area contributed by atoms with Gasteiger partial charge in [-0.25, -0.2) is 4.72 Å². The zero-order chi connectivity index (χ0) is 13.0. The van der Waals surface area contributed by atoms with Gasteiger partial charge in [-0.3, -0.25) is 4.79 Å². The molecule has 0 bridgehead atoms. The van der Waals surface area contributed by atoms with Crippen LogP contribution in [-0.2, 0) is 15.0 Å². The number of carboxylic acid groups (broad SMARTS) is 1. The molecule has 96 valence electrons. The number of carbonyl (C=O) groups is 1. The Hall–Kier alpha value is -0.660. The highest BCUT2D eigenvalue weighted by molar-refractivity contribution is 7.87. The normalized spacial score (nSPS) is 16.1. The Morgan fingerprint density at radius 1 is 1.44 bits per heavy atom. The Morgan fingerprint density at radius 2 is 1.94 bits per heavy atom. The van der Waals surface area contributed by atoms with Crippen LogP contribution in [0.4, 0.5) is 0 Å². The molecule has 0 fully saturated rings. The van der Waals surface area contributed by atoms with Gasteiger partial charge in [0.05, 0.1) is 0 Å². The van der Waals surface area contributed by atoms with E-state index in [1.165, 1.54) is 6.92 Å². The smallest absolute Gasteiger partial charge is 0.324 e. The fourth-order valence-corrected chi connectivity index (χ4v) is 2.33. The van der Waals surface area contributed by atoms with Crippen LogP contribution >= 0.6 is 0 Å². The summed E-state index contributed by atoms with van der Waals surface area (Å²) in [6.07, 6.45) is 0.172. The lowest BCUT2D eigenvalue weighted by atomic mass is 10.0. The molecule has 0 aromatic rings. The molecule has 0 aromatic carbocycles. The van der Waals surface area contributed by atoms with Gasteiger partial charge in [0.25, 0.3) is 10.2 Å². The Kier molecular flexibility index (Phi) is 5.37. The average molecular weight is 252 g/mol. The zero-order valence-corrected chi connectivity index (χ0v) is 10.9. The summed E-state index contributed by atoms with van der Waals surface area (Å²) < 4.78 is 27.5. The first-order valence-corrected chi connectivity index (χ1v) is 6.63. The zero-order valence-electron chi connectivity index (χ0n) is 10.1. The molecule has 16 heavy (non-hydrogen) atoms. The number of hydrogen-bond donors (Lipinski definition) is 3. The third-order valence-electron chi connectivity index (χ3n) is 2.22. The number of rotatable bonds is 7. The largest absolute Gasteiger partial charge is 0.480 e. The van der Waals surface area contributed by atoms with Crippen LogP contribution in [0.1, 0.15) is 34.1 Å². The first-order valence-electron chi connectivity index (χ1n) is 5.15. The van der Waals surface area contributed by atoms with Gasteiger partial charge in [-0.2, -0.15) is 13.1 Å². The molecule has 0 radical (unpaired) electrons. The quantitative estimate of drug-likeness (QED) is 0.608. The minimum atomic E-state index is -3.77. The minimum absolute atomic E-state index is 0.161. The average Bonchev–Trinajstić information content (AvgIpc) is 2.14. The van der Waals surface area contributed by atoms with Crippen LogP contribution in [-0.4, -0.2) is 31.6 Å².